The average molecular weight is 297 g/mol. The van der Waals surface area contributed by atoms with Crippen LogP contribution in [0.5, 0.6) is 0 Å². The van der Waals surface area contributed by atoms with Crippen molar-refractivity contribution in [3.05, 3.63) is 17.1 Å². The third-order valence-corrected chi connectivity index (χ3v) is 3.45. The first-order valence-electron chi connectivity index (χ1n) is 6.33. The van der Waals surface area contributed by atoms with Gasteiger partial charge in [0.25, 0.3) is 5.91 Å². The molecule has 1 atom stereocenters. The van der Waals surface area contributed by atoms with E-state index in [4.69, 9.17) is 5.11 Å². The van der Waals surface area contributed by atoms with Gasteiger partial charge in [-0.3, -0.25) is 4.79 Å². The molecule has 2 N–H and O–H groups in total. The minimum atomic E-state index is -1.03. The minimum absolute atomic E-state index is 0.352. The molecular weight excluding hydrogens is 278 g/mol. The standard InChI is InChI=1S/C13H19N3O3S/c1-5-6-9(13(18)19)16-11(17)10-7(2)14-8(3)15-12(10)20-4/h9H,5-6H2,1-4H3,(H,16,17)(H,18,19)/t9-/m1/s1. The molecule has 1 aromatic heterocycles. The fourth-order valence-electron chi connectivity index (χ4n) is 1.87. The highest BCUT2D eigenvalue weighted by atomic mass is 32.2. The lowest BCUT2D eigenvalue weighted by Gasteiger charge is -2.15. The summed E-state index contributed by atoms with van der Waals surface area (Å²) in [5.74, 6) is -0.879. The maximum atomic E-state index is 12.3. The van der Waals surface area contributed by atoms with Gasteiger partial charge >= 0.3 is 5.97 Å². The maximum Gasteiger partial charge on any atom is 0.326 e. The molecule has 0 bridgehead atoms. The molecule has 1 rings (SSSR count). The van der Waals surface area contributed by atoms with Gasteiger partial charge in [0.05, 0.1) is 11.3 Å². The smallest absolute Gasteiger partial charge is 0.326 e. The summed E-state index contributed by atoms with van der Waals surface area (Å²) in [5.41, 5.74) is 0.908. The van der Waals surface area contributed by atoms with Crippen molar-refractivity contribution in [3.63, 3.8) is 0 Å². The van der Waals surface area contributed by atoms with Crippen LogP contribution in [0.3, 0.4) is 0 Å². The Morgan fingerprint density at radius 2 is 2.00 bits per heavy atom. The van der Waals surface area contributed by atoms with Crippen LogP contribution in [-0.2, 0) is 4.79 Å². The molecule has 0 aliphatic carbocycles. The Morgan fingerprint density at radius 1 is 1.35 bits per heavy atom. The molecule has 0 aliphatic rings. The Balaban J connectivity index is 3.05. The lowest BCUT2D eigenvalue weighted by molar-refractivity contribution is -0.139. The van der Waals surface area contributed by atoms with Crippen molar-refractivity contribution in [2.45, 2.75) is 44.7 Å². The molecule has 0 aromatic carbocycles. The molecule has 6 nitrogen and oxygen atoms in total. The number of aryl methyl sites for hydroxylation is 2. The number of nitrogens with one attached hydrogen (secondary N) is 1. The monoisotopic (exact) mass is 297 g/mol. The van der Waals surface area contributed by atoms with Crippen LogP contribution in [-0.4, -0.2) is 39.2 Å². The Bertz CT molecular complexity index is 520. The second kappa shape index (κ2) is 7.23. The van der Waals surface area contributed by atoms with E-state index in [2.05, 4.69) is 15.3 Å². The summed E-state index contributed by atoms with van der Waals surface area (Å²) in [5, 5.41) is 12.2. The zero-order chi connectivity index (χ0) is 15.3. The predicted molar refractivity (Wildman–Crippen MR) is 77.1 cm³/mol. The molecule has 0 spiro atoms. The molecule has 7 heteroatoms. The lowest BCUT2D eigenvalue weighted by Crippen LogP contribution is -2.41. The third kappa shape index (κ3) is 3.93. The van der Waals surface area contributed by atoms with E-state index in [1.165, 1.54) is 11.8 Å². The number of nitrogens with zero attached hydrogens (tertiary/aromatic N) is 2. The highest BCUT2D eigenvalue weighted by Gasteiger charge is 2.23. The first kappa shape index (κ1) is 16.4. The molecule has 1 heterocycles. The summed E-state index contributed by atoms with van der Waals surface area (Å²) in [4.78, 5) is 31.8. The Kier molecular flexibility index (Phi) is 5.94. The first-order chi connectivity index (χ1) is 9.40. The number of aliphatic carboxylic acids is 1. The van der Waals surface area contributed by atoms with Crippen molar-refractivity contribution < 1.29 is 14.7 Å². The zero-order valence-electron chi connectivity index (χ0n) is 12.1. The average Bonchev–Trinajstić information content (AvgIpc) is 2.36. The van der Waals surface area contributed by atoms with Crippen molar-refractivity contribution in [2.75, 3.05) is 6.26 Å². The van der Waals surface area contributed by atoms with E-state index in [1.807, 2.05) is 13.2 Å². The Morgan fingerprint density at radius 3 is 2.50 bits per heavy atom. The Labute approximate surface area is 122 Å². The molecule has 0 fully saturated rings. The van der Waals surface area contributed by atoms with Crippen LogP contribution in [0.1, 0.15) is 41.6 Å². The van der Waals surface area contributed by atoms with E-state index in [0.717, 1.165) is 0 Å². The third-order valence-electron chi connectivity index (χ3n) is 2.77. The van der Waals surface area contributed by atoms with Crippen molar-refractivity contribution in [1.82, 2.24) is 15.3 Å². The molecule has 20 heavy (non-hydrogen) atoms. The second-order valence-electron chi connectivity index (χ2n) is 4.39. The van der Waals surface area contributed by atoms with Gasteiger partial charge in [-0.05, 0) is 26.5 Å². The molecule has 0 radical (unpaired) electrons. The van der Waals surface area contributed by atoms with Gasteiger partial charge in [-0.25, -0.2) is 14.8 Å². The molecule has 0 saturated carbocycles. The van der Waals surface area contributed by atoms with E-state index >= 15 is 0 Å². The largest absolute Gasteiger partial charge is 0.480 e. The lowest BCUT2D eigenvalue weighted by atomic mass is 10.1. The van der Waals surface area contributed by atoms with Crippen LogP contribution in [0.2, 0.25) is 0 Å². The zero-order valence-corrected chi connectivity index (χ0v) is 12.9. The topological polar surface area (TPSA) is 92.2 Å². The first-order valence-corrected chi connectivity index (χ1v) is 7.56. The van der Waals surface area contributed by atoms with Gasteiger partial charge < -0.3 is 10.4 Å². The molecule has 0 unspecified atom stereocenters. The summed E-state index contributed by atoms with van der Waals surface area (Å²) in [6.45, 7) is 5.35. The van der Waals surface area contributed by atoms with Crippen LogP contribution in [0.15, 0.2) is 5.03 Å². The summed E-state index contributed by atoms with van der Waals surface area (Å²) in [6, 6.07) is -0.886. The van der Waals surface area contributed by atoms with Crippen LogP contribution >= 0.6 is 11.8 Å². The quantitative estimate of drug-likeness (QED) is 0.614. The molecule has 1 amide bonds. The number of carboxylic acids is 1. The van der Waals surface area contributed by atoms with Crippen LogP contribution in [0.4, 0.5) is 0 Å². The van der Waals surface area contributed by atoms with E-state index in [0.29, 0.717) is 34.9 Å². The van der Waals surface area contributed by atoms with Gasteiger partial charge in [-0.2, -0.15) is 0 Å². The highest BCUT2D eigenvalue weighted by Crippen LogP contribution is 2.20. The normalized spacial score (nSPS) is 12.0. The number of carbonyl (C=O) groups is 2. The number of aromatic nitrogens is 2. The van der Waals surface area contributed by atoms with Gasteiger partial charge in [-0.1, -0.05) is 13.3 Å². The van der Waals surface area contributed by atoms with Crippen molar-refractivity contribution in [2.24, 2.45) is 0 Å². The minimum Gasteiger partial charge on any atom is -0.480 e. The summed E-state index contributed by atoms with van der Waals surface area (Å²) in [6.07, 6.45) is 2.89. The number of hydrogen-bond donors (Lipinski definition) is 2. The highest BCUT2D eigenvalue weighted by molar-refractivity contribution is 7.98. The van der Waals surface area contributed by atoms with E-state index in [-0.39, 0.29) is 0 Å². The van der Waals surface area contributed by atoms with Crippen LogP contribution in [0, 0.1) is 13.8 Å². The fraction of sp³-hybridized carbons (Fsp3) is 0.538. The van der Waals surface area contributed by atoms with E-state index in [9.17, 15) is 9.59 Å². The van der Waals surface area contributed by atoms with Gasteiger partial charge in [0.15, 0.2) is 0 Å². The Hall–Kier alpha value is -1.63. The van der Waals surface area contributed by atoms with Gasteiger partial charge in [0.2, 0.25) is 0 Å². The number of amides is 1. The number of carbonyl (C=O) groups excluding carboxylic acids is 1. The summed E-state index contributed by atoms with van der Waals surface area (Å²) >= 11 is 1.34. The molecule has 1 aromatic rings. The van der Waals surface area contributed by atoms with Crippen molar-refractivity contribution in [1.29, 1.82) is 0 Å². The van der Waals surface area contributed by atoms with Gasteiger partial charge in [0, 0.05) is 0 Å². The number of rotatable bonds is 6. The number of hydrogen-bond acceptors (Lipinski definition) is 5. The van der Waals surface area contributed by atoms with Crippen molar-refractivity contribution >= 4 is 23.6 Å². The molecular formula is C13H19N3O3S. The summed E-state index contributed by atoms with van der Waals surface area (Å²) < 4.78 is 0. The number of carboxylic acid groups (broad SMARTS) is 1. The van der Waals surface area contributed by atoms with E-state index in [1.54, 1.807) is 13.8 Å². The fourth-order valence-corrected chi connectivity index (χ4v) is 2.53. The van der Waals surface area contributed by atoms with Crippen LogP contribution < -0.4 is 5.32 Å². The van der Waals surface area contributed by atoms with Gasteiger partial charge in [0.1, 0.15) is 16.9 Å². The number of thioether (sulfide) groups is 1. The van der Waals surface area contributed by atoms with Gasteiger partial charge in [-0.15, -0.1) is 11.8 Å². The molecule has 0 aliphatic heterocycles. The second-order valence-corrected chi connectivity index (χ2v) is 5.19. The predicted octanol–water partition coefficient (Wildman–Crippen LogP) is 1.80. The van der Waals surface area contributed by atoms with E-state index < -0.39 is 17.9 Å². The summed E-state index contributed by atoms with van der Waals surface area (Å²) in [7, 11) is 0. The maximum absolute atomic E-state index is 12.3. The van der Waals surface area contributed by atoms with Crippen molar-refractivity contribution in [3.8, 4) is 0 Å². The SMILES string of the molecule is CCC[C@@H](NC(=O)c1c(C)nc(C)nc1SC)C(=O)O. The molecule has 110 valence electrons. The van der Waals surface area contributed by atoms with Crippen LogP contribution in [0.25, 0.3) is 0 Å². The molecule has 0 saturated heterocycles.